The Kier molecular flexibility index (Phi) is 10.6. The summed E-state index contributed by atoms with van der Waals surface area (Å²) in [5.41, 5.74) is 0.982. The Hall–Kier alpha value is -0.870. The second-order valence-electron chi connectivity index (χ2n) is 2.70. The molecule has 1 aromatic heterocycles. The van der Waals surface area contributed by atoms with Crippen LogP contribution in [0.15, 0.2) is 16.9 Å². The molecule has 0 aliphatic rings. The van der Waals surface area contributed by atoms with E-state index in [1.54, 1.807) is 13.4 Å². The average Bonchev–Trinajstić information content (AvgIpc) is 2.79. The first-order chi connectivity index (χ1) is 7.43. The molecule has 0 radical (unpaired) electrons. The van der Waals surface area contributed by atoms with E-state index in [-0.39, 0.29) is 0 Å². The minimum Gasteiger partial charge on any atom is -0.382 e. The van der Waals surface area contributed by atoms with E-state index in [4.69, 9.17) is 14.0 Å². The fourth-order valence-electron chi connectivity index (χ4n) is 0.966. The number of rotatable bonds is 7. The lowest BCUT2D eigenvalue weighted by atomic mass is 10.2. The molecule has 0 fully saturated rings. The zero-order chi connectivity index (χ0) is 11.4. The van der Waals surface area contributed by atoms with Gasteiger partial charge in [-0.25, -0.2) is 0 Å². The van der Waals surface area contributed by atoms with Crippen LogP contribution < -0.4 is 0 Å². The number of nitrogens with zero attached hydrogens (tertiary/aromatic N) is 1. The van der Waals surface area contributed by atoms with Gasteiger partial charge in [0.25, 0.3) is 0 Å². The zero-order valence-corrected chi connectivity index (χ0v) is 9.86. The number of methoxy groups -OCH3 is 1. The van der Waals surface area contributed by atoms with Crippen molar-refractivity contribution < 1.29 is 14.0 Å². The quantitative estimate of drug-likeness (QED) is 0.655. The van der Waals surface area contributed by atoms with Crippen molar-refractivity contribution in [3.63, 3.8) is 0 Å². The molecule has 0 aliphatic carbocycles. The van der Waals surface area contributed by atoms with Gasteiger partial charge in [0.2, 0.25) is 0 Å². The summed E-state index contributed by atoms with van der Waals surface area (Å²) in [7, 11) is 1.67. The second kappa shape index (κ2) is 11.2. The topological polar surface area (TPSA) is 44.5 Å². The van der Waals surface area contributed by atoms with E-state index in [1.807, 2.05) is 19.9 Å². The Balaban J connectivity index is 0.000000921. The molecule has 4 nitrogen and oxygen atoms in total. The lowest BCUT2D eigenvalue weighted by Gasteiger charge is -2.01. The van der Waals surface area contributed by atoms with E-state index in [0.29, 0.717) is 13.2 Å². The smallest absolute Gasteiger partial charge is 0.124 e. The van der Waals surface area contributed by atoms with Gasteiger partial charge in [0.15, 0.2) is 0 Å². The Morgan fingerprint density at radius 1 is 1.27 bits per heavy atom. The molecular formula is C11H21NO3. The molecule has 1 rings (SSSR count). The standard InChI is InChI=1S/C9H15NO3.C2H6/c1-11-7-8-12-5-2-3-9-4-6-13-10-9;1-2/h4,6H,2-3,5,7-8H2,1H3;1-2H3. The molecule has 88 valence electrons. The van der Waals surface area contributed by atoms with Crippen LogP contribution in [0.25, 0.3) is 0 Å². The third-order valence-corrected chi connectivity index (χ3v) is 1.64. The summed E-state index contributed by atoms with van der Waals surface area (Å²) in [4.78, 5) is 0. The fourth-order valence-corrected chi connectivity index (χ4v) is 0.966. The maximum absolute atomic E-state index is 5.29. The molecule has 0 saturated carbocycles. The van der Waals surface area contributed by atoms with Gasteiger partial charge in [-0.1, -0.05) is 19.0 Å². The minimum absolute atomic E-state index is 0.657. The Bertz CT molecular complexity index is 200. The minimum atomic E-state index is 0.657. The molecule has 15 heavy (non-hydrogen) atoms. The van der Waals surface area contributed by atoms with Crippen LogP contribution in [-0.4, -0.2) is 32.1 Å². The van der Waals surface area contributed by atoms with Gasteiger partial charge in [-0.05, 0) is 12.8 Å². The molecule has 0 aliphatic heterocycles. The van der Waals surface area contributed by atoms with E-state index in [2.05, 4.69) is 5.16 Å². The van der Waals surface area contributed by atoms with E-state index >= 15 is 0 Å². The first-order valence-electron chi connectivity index (χ1n) is 5.39. The molecule has 1 aromatic rings. The van der Waals surface area contributed by atoms with Crippen molar-refractivity contribution in [1.29, 1.82) is 0 Å². The molecule has 0 amide bonds. The van der Waals surface area contributed by atoms with E-state index in [1.165, 1.54) is 0 Å². The van der Waals surface area contributed by atoms with E-state index in [9.17, 15) is 0 Å². The Labute approximate surface area is 91.5 Å². The van der Waals surface area contributed by atoms with Crippen molar-refractivity contribution in [2.24, 2.45) is 0 Å². The first kappa shape index (κ1) is 14.1. The average molecular weight is 215 g/mol. The van der Waals surface area contributed by atoms with Gasteiger partial charge in [-0.2, -0.15) is 0 Å². The van der Waals surface area contributed by atoms with Gasteiger partial charge in [0.05, 0.1) is 18.9 Å². The third-order valence-electron chi connectivity index (χ3n) is 1.64. The van der Waals surface area contributed by atoms with Crippen molar-refractivity contribution in [3.8, 4) is 0 Å². The van der Waals surface area contributed by atoms with Crippen LogP contribution in [0, 0.1) is 0 Å². The lowest BCUT2D eigenvalue weighted by molar-refractivity contribution is 0.0694. The van der Waals surface area contributed by atoms with E-state index < -0.39 is 0 Å². The number of ether oxygens (including phenoxy) is 2. The number of hydrogen-bond donors (Lipinski definition) is 0. The van der Waals surface area contributed by atoms with E-state index in [0.717, 1.165) is 25.1 Å². The van der Waals surface area contributed by atoms with Crippen LogP contribution in [0.4, 0.5) is 0 Å². The number of aromatic nitrogens is 1. The van der Waals surface area contributed by atoms with Crippen LogP contribution in [0.5, 0.6) is 0 Å². The van der Waals surface area contributed by atoms with Gasteiger partial charge >= 0.3 is 0 Å². The third kappa shape index (κ3) is 8.15. The largest absolute Gasteiger partial charge is 0.382 e. The summed E-state index contributed by atoms with van der Waals surface area (Å²) in [6.07, 6.45) is 3.46. The van der Waals surface area contributed by atoms with Crippen LogP contribution in [0.1, 0.15) is 26.0 Å². The molecule has 0 bridgehead atoms. The summed E-state index contributed by atoms with van der Waals surface area (Å²) in [6, 6.07) is 1.87. The summed E-state index contributed by atoms with van der Waals surface area (Å²) in [6.45, 7) is 6.06. The predicted molar refractivity (Wildman–Crippen MR) is 58.9 cm³/mol. The molecule has 0 unspecified atom stereocenters. The molecule has 0 N–H and O–H groups in total. The van der Waals surface area contributed by atoms with Gasteiger partial charge in [0, 0.05) is 19.8 Å². The first-order valence-corrected chi connectivity index (χ1v) is 5.39. The number of hydrogen-bond acceptors (Lipinski definition) is 4. The fraction of sp³-hybridized carbons (Fsp3) is 0.727. The second-order valence-corrected chi connectivity index (χ2v) is 2.70. The van der Waals surface area contributed by atoms with Crippen LogP contribution >= 0.6 is 0 Å². The predicted octanol–water partition coefficient (Wildman–Crippen LogP) is 2.30. The van der Waals surface area contributed by atoms with Crippen molar-refractivity contribution in [1.82, 2.24) is 5.16 Å². The van der Waals surface area contributed by atoms with Crippen molar-refractivity contribution in [2.75, 3.05) is 26.9 Å². The lowest BCUT2D eigenvalue weighted by Crippen LogP contribution is -2.03. The molecular weight excluding hydrogens is 194 g/mol. The molecule has 0 aromatic carbocycles. The monoisotopic (exact) mass is 215 g/mol. The van der Waals surface area contributed by atoms with Crippen LogP contribution in [-0.2, 0) is 15.9 Å². The summed E-state index contributed by atoms with van der Waals surface area (Å²) >= 11 is 0. The molecule has 0 saturated heterocycles. The highest BCUT2D eigenvalue weighted by atomic mass is 16.5. The van der Waals surface area contributed by atoms with Gasteiger partial charge in [-0.15, -0.1) is 0 Å². The zero-order valence-electron chi connectivity index (χ0n) is 9.86. The Morgan fingerprint density at radius 3 is 2.67 bits per heavy atom. The van der Waals surface area contributed by atoms with Crippen LogP contribution in [0.2, 0.25) is 0 Å². The van der Waals surface area contributed by atoms with Gasteiger partial charge < -0.3 is 14.0 Å². The highest BCUT2D eigenvalue weighted by Gasteiger charge is 1.95. The SMILES string of the molecule is CC.COCCOCCCc1ccon1. The van der Waals surface area contributed by atoms with Crippen molar-refractivity contribution >= 4 is 0 Å². The summed E-state index contributed by atoms with van der Waals surface area (Å²) < 4.78 is 14.8. The maximum Gasteiger partial charge on any atom is 0.124 e. The molecule has 0 atom stereocenters. The van der Waals surface area contributed by atoms with Gasteiger partial charge in [-0.3, -0.25) is 0 Å². The molecule has 0 spiro atoms. The Morgan fingerprint density at radius 2 is 2.07 bits per heavy atom. The van der Waals surface area contributed by atoms with Crippen LogP contribution in [0.3, 0.4) is 0 Å². The molecule has 4 heteroatoms. The number of aryl methyl sites for hydroxylation is 1. The molecule has 1 heterocycles. The maximum atomic E-state index is 5.29. The normalized spacial score (nSPS) is 9.53. The van der Waals surface area contributed by atoms with Gasteiger partial charge in [0.1, 0.15) is 6.26 Å². The highest BCUT2D eigenvalue weighted by Crippen LogP contribution is 1.98. The summed E-state index contributed by atoms with van der Waals surface area (Å²) in [5.74, 6) is 0. The summed E-state index contributed by atoms with van der Waals surface area (Å²) in [5, 5.41) is 3.79. The van der Waals surface area contributed by atoms with Crippen molar-refractivity contribution in [3.05, 3.63) is 18.0 Å². The highest BCUT2D eigenvalue weighted by molar-refractivity contribution is 4.94. The van der Waals surface area contributed by atoms with Crippen molar-refractivity contribution in [2.45, 2.75) is 26.7 Å².